The predicted molar refractivity (Wildman–Crippen MR) is 181 cm³/mol. The molecule has 0 aromatic heterocycles. The van der Waals surface area contributed by atoms with E-state index in [4.69, 9.17) is 19.6 Å². The van der Waals surface area contributed by atoms with Crippen LogP contribution in [0.3, 0.4) is 0 Å². The van der Waals surface area contributed by atoms with Crippen LogP contribution in [0.1, 0.15) is 41.2 Å². The summed E-state index contributed by atoms with van der Waals surface area (Å²) < 4.78 is 13.2. The lowest BCUT2D eigenvalue weighted by Gasteiger charge is -2.31. The molecule has 11 heteroatoms. The molecule has 0 spiro atoms. The fraction of sp³-hybridized carbons (Fsp3) is 0.257. The third kappa shape index (κ3) is 8.13. The van der Waals surface area contributed by atoms with Crippen molar-refractivity contribution in [3.05, 3.63) is 140 Å². The Balaban J connectivity index is 1.49. The summed E-state index contributed by atoms with van der Waals surface area (Å²) in [6, 6.07) is 32.2. The van der Waals surface area contributed by atoms with E-state index in [1.165, 1.54) is 5.56 Å². The predicted octanol–water partition coefficient (Wildman–Crippen LogP) is 6.91. The fourth-order valence-corrected chi connectivity index (χ4v) is 5.56. The van der Waals surface area contributed by atoms with E-state index >= 15 is 0 Å². The van der Waals surface area contributed by atoms with Crippen LogP contribution in [0.15, 0.2) is 118 Å². The van der Waals surface area contributed by atoms with Crippen molar-refractivity contribution in [2.45, 2.75) is 37.3 Å². The Morgan fingerprint density at radius 3 is 2.48 bits per heavy atom. The quantitative estimate of drug-likeness (QED) is 0.0411. The Bertz CT molecular complexity index is 1680. The van der Waals surface area contributed by atoms with E-state index in [1.807, 2.05) is 66.7 Å². The molecule has 0 bridgehead atoms. The monoisotopic (exact) mass is 682 g/mol. The number of halogens is 1. The minimum absolute atomic E-state index is 0.0506. The van der Waals surface area contributed by atoms with Crippen LogP contribution in [0.4, 0.5) is 5.69 Å². The van der Waals surface area contributed by atoms with Gasteiger partial charge in [-0.25, -0.2) is 10.4 Å². The van der Waals surface area contributed by atoms with E-state index in [1.54, 1.807) is 24.3 Å². The van der Waals surface area contributed by atoms with Gasteiger partial charge in [-0.2, -0.15) is 0 Å². The molecule has 0 radical (unpaired) electrons. The average molecular weight is 684 g/mol. The van der Waals surface area contributed by atoms with Crippen LogP contribution < -0.4 is 15.6 Å². The number of nitrogens with one attached hydrogen (secondary N) is 2. The maximum Gasteiger partial charge on any atom is 0.266 e. The summed E-state index contributed by atoms with van der Waals surface area (Å²) in [4.78, 5) is 22.4. The molecule has 1 amide bonds. The summed E-state index contributed by atoms with van der Waals surface area (Å²) in [7, 11) is 0. The van der Waals surface area contributed by atoms with Crippen molar-refractivity contribution < 1.29 is 19.4 Å². The van der Waals surface area contributed by atoms with Gasteiger partial charge in [0.2, 0.25) is 5.90 Å². The Labute approximate surface area is 276 Å². The number of amides is 1. The molecule has 3 N–H and O–H groups in total. The summed E-state index contributed by atoms with van der Waals surface area (Å²) in [5.41, 5.74) is 17.5. The number of aliphatic hydroxyl groups is 1. The highest BCUT2D eigenvalue weighted by Crippen LogP contribution is 2.44. The van der Waals surface area contributed by atoms with E-state index < -0.39 is 11.6 Å². The molecule has 2 atom stereocenters. The summed E-state index contributed by atoms with van der Waals surface area (Å²) in [6.07, 6.45) is 1.50. The number of aliphatic imine (C=N–C) groups is 1. The first kappa shape index (κ1) is 32.7. The highest BCUT2D eigenvalue weighted by Gasteiger charge is 2.53. The van der Waals surface area contributed by atoms with Gasteiger partial charge in [0.15, 0.2) is 11.6 Å². The van der Waals surface area contributed by atoms with Crippen LogP contribution in [0.2, 0.25) is 0 Å². The number of carbonyl (C=O) groups is 1. The number of hydrogen-bond donors (Lipinski definition) is 3. The first-order chi connectivity index (χ1) is 22.5. The number of benzene rings is 4. The molecule has 1 aliphatic rings. The Morgan fingerprint density at radius 2 is 1.74 bits per heavy atom. The van der Waals surface area contributed by atoms with Crippen molar-refractivity contribution in [2.75, 3.05) is 19.8 Å². The van der Waals surface area contributed by atoms with Crippen LogP contribution in [0.25, 0.3) is 10.4 Å². The number of aliphatic hydroxyl groups excluding tert-OH is 1. The first-order valence-electron chi connectivity index (χ1n) is 15.1. The highest BCUT2D eigenvalue weighted by atomic mass is 79.9. The number of carbonyl (C=O) groups excluding carboxylic acids is 1. The first-order valence-corrected chi connectivity index (χ1v) is 15.9. The van der Waals surface area contributed by atoms with Gasteiger partial charge in [-0.15, -0.1) is 0 Å². The van der Waals surface area contributed by atoms with Gasteiger partial charge in [-0.3, -0.25) is 10.2 Å². The highest BCUT2D eigenvalue weighted by molar-refractivity contribution is 9.10. The molecule has 5 rings (SSSR count). The van der Waals surface area contributed by atoms with E-state index in [0.717, 1.165) is 22.9 Å². The van der Waals surface area contributed by atoms with Gasteiger partial charge < -0.3 is 14.6 Å². The standard InChI is InChI=1S/C35H35BrN6O4/c36-29-17-13-26(14-18-29)32-35(24-28-11-4-5-12-31(28)40-42-37,34(44)41-38-21-6-10-25-8-2-1-3-9-25)39-33(46-32)27-15-19-30(20-16-27)45-23-7-22-43/h1-5,8-9,11-20,32,38,43H,6-7,10,21-24H2,(H,41,44)/t32-,35-/m0/s1. The molecule has 1 heterocycles. The smallest absolute Gasteiger partial charge is 0.266 e. The maximum absolute atomic E-state index is 14.4. The largest absolute Gasteiger partial charge is 0.494 e. The molecular formula is C35H35BrN6O4. The molecular weight excluding hydrogens is 648 g/mol. The zero-order valence-corrected chi connectivity index (χ0v) is 26.8. The van der Waals surface area contributed by atoms with Crippen molar-refractivity contribution >= 4 is 33.4 Å². The molecule has 10 nitrogen and oxygen atoms in total. The molecule has 0 saturated heterocycles. The number of hydrogen-bond acceptors (Lipinski definition) is 7. The zero-order chi connectivity index (χ0) is 32.2. The van der Waals surface area contributed by atoms with Gasteiger partial charge in [0.1, 0.15) is 5.75 Å². The van der Waals surface area contributed by atoms with Crippen LogP contribution in [0, 0.1) is 0 Å². The summed E-state index contributed by atoms with van der Waals surface area (Å²) in [6.45, 7) is 0.990. The number of nitrogens with zero attached hydrogens (tertiary/aromatic N) is 4. The summed E-state index contributed by atoms with van der Waals surface area (Å²) in [5, 5.41) is 13.0. The van der Waals surface area contributed by atoms with Crippen LogP contribution >= 0.6 is 15.9 Å². The molecule has 0 aliphatic carbocycles. The third-order valence-electron chi connectivity index (χ3n) is 7.62. The van der Waals surface area contributed by atoms with Crippen LogP contribution in [0.5, 0.6) is 5.75 Å². The summed E-state index contributed by atoms with van der Waals surface area (Å²) >= 11 is 3.50. The fourth-order valence-electron chi connectivity index (χ4n) is 5.29. The minimum atomic E-state index is -1.47. The molecule has 4 aromatic rings. The van der Waals surface area contributed by atoms with Crippen LogP contribution in [-0.2, 0) is 22.4 Å². The molecule has 0 fully saturated rings. The third-order valence-corrected chi connectivity index (χ3v) is 8.15. The minimum Gasteiger partial charge on any atom is -0.494 e. The number of hydrazine groups is 1. The SMILES string of the molecule is [N-]=[N+]=Nc1ccccc1C[C@]1(C(=O)NNCCCc2ccccc2)N=C(c2ccc(OCCCO)cc2)O[C@H]1c1ccc(Br)cc1. The zero-order valence-electron chi connectivity index (χ0n) is 25.2. The van der Waals surface area contributed by atoms with Crippen LogP contribution in [-0.4, -0.2) is 42.2 Å². The van der Waals surface area contributed by atoms with Crippen molar-refractivity contribution in [1.82, 2.24) is 10.9 Å². The van der Waals surface area contributed by atoms with E-state index in [2.05, 4.69) is 48.9 Å². The lowest BCUT2D eigenvalue weighted by atomic mass is 9.81. The van der Waals surface area contributed by atoms with E-state index in [9.17, 15) is 10.3 Å². The Kier molecular flexibility index (Phi) is 11.4. The summed E-state index contributed by atoms with van der Waals surface area (Å²) in [5.74, 6) is 0.567. The van der Waals surface area contributed by atoms with Gasteiger partial charge in [0.25, 0.3) is 5.91 Å². The number of rotatable bonds is 15. The molecule has 46 heavy (non-hydrogen) atoms. The number of azide groups is 1. The Hall–Kier alpha value is -4.67. The average Bonchev–Trinajstić information content (AvgIpc) is 3.47. The van der Waals surface area contributed by atoms with E-state index in [-0.39, 0.29) is 18.9 Å². The Morgan fingerprint density at radius 1 is 1.00 bits per heavy atom. The second-order valence-corrected chi connectivity index (χ2v) is 11.7. The number of aryl methyl sites for hydroxylation is 1. The van der Waals surface area contributed by atoms with E-state index in [0.29, 0.717) is 48.0 Å². The van der Waals surface area contributed by atoms with Gasteiger partial charge in [-0.1, -0.05) is 87.8 Å². The molecule has 1 aliphatic heterocycles. The molecule has 236 valence electrons. The second kappa shape index (κ2) is 16.1. The normalized spacial score (nSPS) is 17.0. The lowest BCUT2D eigenvalue weighted by Crippen LogP contribution is -2.54. The molecule has 0 saturated carbocycles. The number of ether oxygens (including phenoxy) is 2. The topological polar surface area (TPSA) is 141 Å². The molecule has 4 aromatic carbocycles. The van der Waals surface area contributed by atoms with Gasteiger partial charge >= 0.3 is 0 Å². The lowest BCUT2D eigenvalue weighted by molar-refractivity contribution is -0.130. The van der Waals surface area contributed by atoms with Gasteiger partial charge in [0.05, 0.1) is 6.61 Å². The second-order valence-electron chi connectivity index (χ2n) is 10.8. The molecule has 0 unspecified atom stereocenters. The maximum atomic E-state index is 14.4. The van der Waals surface area contributed by atoms with Crippen molar-refractivity contribution in [3.63, 3.8) is 0 Å². The van der Waals surface area contributed by atoms with Gasteiger partial charge in [-0.05, 0) is 71.5 Å². The van der Waals surface area contributed by atoms with Gasteiger partial charge in [0, 0.05) is 46.6 Å². The van der Waals surface area contributed by atoms with Crippen molar-refractivity contribution in [2.24, 2.45) is 10.1 Å². The van der Waals surface area contributed by atoms with Crippen molar-refractivity contribution in [3.8, 4) is 5.75 Å². The van der Waals surface area contributed by atoms with Crippen molar-refractivity contribution in [1.29, 1.82) is 0 Å².